The number of carbonyl (C=O) groups excluding carboxylic acids is 2. The molecule has 0 aliphatic heterocycles. The van der Waals surface area contributed by atoms with Gasteiger partial charge in [-0.05, 0) is 45.9 Å². The summed E-state index contributed by atoms with van der Waals surface area (Å²) in [4.78, 5) is 24.0. The Bertz CT molecular complexity index is 484. The number of halogens is 1. The van der Waals surface area contributed by atoms with Crippen molar-refractivity contribution in [3.8, 4) is 0 Å². The molecule has 0 aromatic heterocycles. The molecule has 0 aliphatic carbocycles. The molecule has 0 atom stereocenters. The smallest absolute Gasteiger partial charge is 0.239 e. The summed E-state index contributed by atoms with van der Waals surface area (Å²) < 4.78 is 13.0. The fourth-order valence-corrected chi connectivity index (χ4v) is 1.40. The largest absolute Gasteiger partial charge is 0.353 e. The van der Waals surface area contributed by atoms with Gasteiger partial charge in [0.1, 0.15) is 11.2 Å². The Labute approximate surface area is 112 Å². The van der Waals surface area contributed by atoms with Crippen molar-refractivity contribution in [1.82, 2.24) is 5.32 Å². The molecule has 19 heavy (non-hydrogen) atoms. The van der Waals surface area contributed by atoms with E-state index in [1.54, 1.807) is 6.07 Å². The predicted octanol–water partition coefficient (Wildman–Crippen LogP) is 2.32. The molecule has 0 saturated carbocycles. The van der Waals surface area contributed by atoms with Gasteiger partial charge >= 0.3 is 0 Å². The van der Waals surface area contributed by atoms with Gasteiger partial charge in [-0.25, -0.2) is 4.39 Å². The Balaban J connectivity index is 2.79. The van der Waals surface area contributed by atoms with Crippen molar-refractivity contribution in [1.29, 1.82) is 0 Å². The third-order valence-corrected chi connectivity index (χ3v) is 2.64. The van der Waals surface area contributed by atoms with Crippen molar-refractivity contribution in [2.45, 2.75) is 33.7 Å². The molecular formula is C14H19FN2O2. The van der Waals surface area contributed by atoms with E-state index in [-0.39, 0.29) is 11.9 Å². The highest BCUT2D eigenvalue weighted by atomic mass is 19.1. The van der Waals surface area contributed by atoms with Crippen LogP contribution in [0.5, 0.6) is 0 Å². The summed E-state index contributed by atoms with van der Waals surface area (Å²) >= 11 is 0. The van der Waals surface area contributed by atoms with E-state index in [9.17, 15) is 14.0 Å². The van der Waals surface area contributed by atoms with Crippen LogP contribution in [-0.2, 0) is 9.59 Å². The minimum Gasteiger partial charge on any atom is -0.353 e. The summed E-state index contributed by atoms with van der Waals surface area (Å²) in [6, 6.07) is 5.50. The maximum atomic E-state index is 13.0. The van der Waals surface area contributed by atoms with E-state index in [0.717, 1.165) is 0 Å². The normalized spacial score (nSPS) is 11.3. The number of hydrogen-bond donors (Lipinski definition) is 2. The van der Waals surface area contributed by atoms with Gasteiger partial charge in [-0.3, -0.25) is 9.59 Å². The first kappa shape index (κ1) is 15.1. The third kappa shape index (κ3) is 4.05. The van der Waals surface area contributed by atoms with Gasteiger partial charge in [0.2, 0.25) is 11.8 Å². The van der Waals surface area contributed by atoms with Gasteiger partial charge < -0.3 is 10.6 Å². The minimum atomic E-state index is -1.23. The lowest BCUT2D eigenvalue weighted by Gasteiger charge is -2.24. The summed E-state index contributed by atoms with van der Waals surface area (Å²) in [5.41, 5.74) is -0.897. The topological polar surface area (TPSA) is 58.2 Å². The Morgan fingerprint density at radius 1 is 1.21 bits per heavy atom. The monoisotopic (exact) mass is 266 g/mol. The zero-order valence-electron chi connectivity index (χ0n) is 11.6. The van der Waals surface area contributed by atoms with Crippen LogP contribution >= 0.6 is 0 Å². The minimum absolute atomic E-state index is 0.0475. The molecular weight excluding hydrogens is 247 g/mol. The molecule has 0 spiro atoms. The zero-order valence-corrected chi connectivity index (χ0v) is 11.6. The molecule has 0 unspecified atom stereocenters. The van der Waals surface area contributed by atoms with Crippen LogP contribution in [-0.4, -0.2) is 17.9 Å². The summed E-state index contributed by atoms with van der Waals surface area (Å²) in [7, 11) is 0. The van der Waals surface area contributed by atoms with Crippen molar-refractivity contribution in [3.05, 3.63) is 30.1 Å². The zero-order chi connectivity index (χ0) is 14.6. The van der Waals surface area contributed by atoms with Gasteiger partial charge in [0.05, 0.1) is 0 Å². The number of nitrogens with one attached hydrogen (secondary N) is 2. The maximum absolute atomic E-state index is 13.0. The second-order valence-corrected chi connectivity index (χ2v) is 5.22. The first-order valence-corrected chi connectivity index (χ1v) is 6.11. The number of benzene rings is 1. The molecule has 2 N–H and O–H groups in total. The highest BCUT2D eigenvalue weighted by Gasteiger charge is 2.36. The Morgan fingerprint density at radius 3 is 2.37 bits per heavy atom. The van der Waals surface area contributed by atoms with Crippen molar-refractivity contribution >= 4 is 17.5 Å². The van der Waals surface area contributed by atoms with Crippen molar-refractivity contribution in [3.63, 3.8) is 0 Å². The van der Waals surface area contributed by atoms with E-state index in [0.29, 0.717) is 5.69 Å². The average Bonchev–Trinajstić information content (AvgIpc) is 2.27. The molecule has 0 heterocycles. The van der Waals surface area contributed by atoms with E-state index in [4.69, 9.17) is 0 Å². The van der Waals surface area contributed by atoms with Crippen LogP contribution in [0.4, 0.5) is 10.1 Å². The molecule has 1 aromatic carbocycles. The van der Waals surface area contributed by atoms with Crippen LogP contribution in [0.2, 0.25) is 0 Å². The van der Waals surface area contributed by atoms with Crippen LogP contribution in [0.25, 0.3) is 0 Å². The van der Waals surface area contributed by atoms with E-state index in [2.05, 4.69) is 10.6 Å². The van der Waals surface area contributed by atoms with E-state index >= 15 is 0 Å². The number of hydrogen-bond acceptors (Lipinski definition) is 2. The maximum Gasteiger partial charge on any atom is 0.239 e. The molecule has 0 bridgehead atoms. The van der Waals surface area contributed by atoms with Gasteiger partial charge in [0.25, 0.3) is 0 Å². The SMILES string of the molecule is CC(C)NC(=O)C(C)(C)C(=O)Nc1cccc(F)c1. The van der Waals surface area contributed by atoms with Gasteiger partial charge in [-0.2, -0.15) is 0 Å². The van der Waals surface area contributed by atoms with Gasteiger partial charge in [-0.1, -0.05) is 6.07 Å². The fraction of sp³-hybridized carbons (Fsp3) is 0.429. The lowest BCUT2D eigenvalue weighted by Crippen LogP contribution is -2.47. The first-order chi connectivity index (χ1) is 8.73. The van der Waals surface area contributed by atoms with Crippen molar-refractivity contribution in [2.75, 3.05) is 5.32 Å². The molecule has 1 aromatic rings. The average molecular weight is 266 g/mol. The molecule has 0 radical (unpaired) electrons. The van der Waals surface area contributed by atoms with Crippen LogP contribution < -0.4 is 10.6 Å². The summed E-state index contributed by atoms with van der Waals surface area (Å²) in [6.45, 7) is 6.69. The second-order valence-electron chi connectivity index (χ2n) is 5.22. The highest BCUT2D eigenvalue weighted by molar-refractivity contribution is 6.09. The molecule has 0 aliphatic rings. The molecule has 0 saturated heterocycles. The van der Waals surface area contributed by atoms with E-state index in [1.165, 1.54) is 32.0 Å². The third-order valence-electron chi connectivity index (χ3n) is 2.64. The predicted molar refractivity (Wildman–Crippen MR) is 72.1 cm³/mol. The molecule has 104 valence electrons. The molecule has 5 heteroatoms. The first-order valence-electron chi connectivity index (χ1n) is 6.11. The number of amides is 2. The summed E-state index contributed by atoms with van der Waals surface area (Å²) in [5.74, 6) is -1.28. The van der Waals surface area contributed by atoms with Crippen LogP contribution in [0, 0.1) is 11.2 Å². The summed E-state index contributed by atoms with van der Waals surface area (Å²) in [6.07, 6.45) is 0. The number of anilines is 1. The second kappa shape index (κ2) is 5.82. The quantitative estimate of drug-likeness (QED) is 0.822. The van der Waals surface area contributed by atoms with E-state index in [1.807, 2.05) is 13.8 Å². The van der Waals surface area contributed by atoms with E-state index < -0.39 is 17.1 Å². The lowest BCUT2D eigenvalue weighted by molar-refractivity contribution is -0.138. The molecule has 0 fully saturated rings. The summed E-state index contributed by atoms with van der Waals surface area (Å²) in [5, 5.41) is 5.22. The highest BCUT2D eigenvalue weighted by Crippen LogP contribution is 2.19. The molecule has 4 nitrogen and oxygen atoms in total. The number of carbonyl (C=O) groups is 2. The van der Waals surface area contributed by atoms with Gasteiger partial charge in [-0.15, -0.1) is 0 Å². The lowest BCUT2D eigenvalue weighted by atomic mass is 9.90. The number of rotatable bonds is 4. The standard InChI is InChI=1S/C14H19FN2O2/c1-9(2)16-12(18)14(3,4)13(19)17-11-7-5-6-10(15)8-11/h5-9H,1-4H3,(H,16,18)(H,17,19). The fourth-order valence-electron chi connectivity index (χ4n) is 1.40. The molecule has 1 rings (SSSR count). The Hall–Kier alpha value is -1.91. The van der Waals surface area contributed by atoms with Crippen molar-refractivity contribution < 1.29 is 14.0 Å². The van der Waals surface area contributed by atoms with Crippen LogP contribution in [0.1, 0.15) is 27.7 Å². The van der Waals surface area contributed by atoms with Crippen LogP contribution in [0.3, 0.4) is 0 Å². The molecule has 2 amide bonds. The Morgan fingerprint density at radius 2 is 1.84 bits per heavy atom. The van der Waals surface area contributed by atoms with Gasteiger partial charge in [0.15, 0.2) is 0 Å². The van der Waals surface area contributed by atoms with Crippen LogP contribution in [0.15, 0.2) is 24.3 Å². The van der Waals surface area contributed by atoms with Gasteiger partial charge in [0, 0.05) is 11.7 Å². The Kier molecular flexibility index (Phi) is 4.64. The van der Waals surface area contributed by atoms with Crippen molar-refractivity contribution in [2.24, 2.45) is 5.41 Å².